The Bertz CT molecular complexity index is 1480. The molecule has 0 bridgehead atoms. The normalized spacial score (nSPS) is 12.0. The summed E-state index contributed by atoms with van der Waals surface area (Å²) in [6.07, 6.45) is -4.51. The van der Waals surface area contributed by atoms with E-state index in [-0.39, 0.29) is 35.9 Å². The number of nitrogens with one attached hydrogen (secondary N) is 2. The molecule has 5 nitrogen and oxygen atoms in total. The third kappa shape index (κ3) is 7.34. The molecule has 0 aromatic heterocycles. The van der Waals surface area contributed by atoms with Gasteiger partial charge in [0.25, 0.3) is 0 Å². The topological polar surface area (TPSA) is 84.2 Å². The van der Waals surface area contributed by atoms with Crippen molar-refractivity contribution < 1.29 is 27.2 Å². The van der Waals surface area contributed by atoms with E-state index in [0.29, 0.717) is 11.1 Å². The van der Waals surface area contributed by atoms with Gasteiger partial charge in [0.05, 0.1) is 0 Å². The van der Waals surface area contributed by atoms with Crippen LogP contribution in [0, 0.1) is 5.82 Å². The Hall–Kier alpha value is -3.94. The van der Waals surface area contributed by atoms with Crippen LogP contribution in [0.25, 0.3) is 0 Å². The molecule has 0 saturated heterocycles. The predicted molar refractivity (Wildman–Crippen MR) is 142 cm³/mol. The molecule has 0 saturated carbocycles. The fourth-order valence-corrected chi connectivity index (χ4v) is 6.59. The van der Waals surface area contributed by atoms with Crippen molar-refractivity contribution in [1.82, 2.24) is 10.6 Å². The molecule has 0 aliphatic carbocycles. The second kappa shape index (κ2) is 12.3. The standard InChI is InChI=1S/C29H24AsF4N3O2/c31-25-9-3-5-19(15-25)17-36-28(39)21-7-4-8-24(16-21)30(35)23-13-11-20(12-14-23)27(38)37-18-22-6-1-2-10-26(22)29(32,33)34/h1-16H,17-18,35H2,(H,36,39)(H,37,38). The Labute approximate surface area is 227 Å². The van der Waals surface area contributed by atoms with Gasteiger partial charge in [0.15, 0.2) is 0 Å². The zero-order chi connectivity index (χ0) is 28.0. The van der Waals surface area contributed by atoms with Crippen molar-refractivity contribution in [2.24, 2.45) is 4.65 Å². The molecule has 4 aromatic carbocycles. The van der Waals surface area contributed by atoms with Gasteiger partial charge in [-0.3, -0.25) is 0 Å². The molecule has 0 aliphatic rings. The molecular weight excluding hydrogens is 573 g/mol. The number of rotatable bonds is 8. The van der Waals surface area contributed by atoms with E-state index in [1.165, 1.54) is 30.3 Å². The van der Waals surface area contributed by atoms with Crippen molar-refractivity contribution in [3.8, 4) is 0 Å². The van der Waals surface area contributed by atoms with E-state index in [4.69, 9.17) is 4.65 Å². The van der Waals surface area contributed by atoms with Gasteiger partial charge < -0.3 is 0 Å². The monoisotopic (exact) mass is 597 g/mol. The second-order valence-electron chi connectivity index (χ2n) is 8.62. The van der Waals surface area contributed by atoms with Crippen LogP contribution in [0.5, 0.6) is 0 Å². The summed E-state index contributed by atoms with van der Waals surface area (Å²) in [6, 6.07) is 24.6. The van der Waals surface area contributed by atoms with Gasteiger partial charge in [-0.15, -0.1) is 0 Å². The van der Waals surface area contributed by atoms with E-state index in [0.717, 1.165) is 14.8 Å². The first-order chi connectivity index (χ1) is 18.6. The van der Waals surface area contributed by atoms with E-state index >= 15 is 0 Å². The first-order valence-electron chi connectivity index (χ1n) is 11.8. The van der Waals surface area contributed by atoms with E-state index in [1.807, 2.05) is 6.07 Å². The van der Waals surface area contributed by atoms with Crippen LogP contribution in [0.4, 0.5) is 17.6 Å². The molecule has 200 valence electrons. The van der Waals surface area contributed by atoms with Gasteiger partial charge in [-0.2, -0.15) is 0 Å². The number of nitrogens with two attached hydrogens (primary N) is 1. The Morgan fingerprint density at radius 1 is 0.718 bits per heavy atom. The van der Waals surface area contributed by atoms with Gasteiger partial charge in [-0.25, -0.2) is 0 Å². The molecule has 39 heavy (non-hydrogen) atoms. The molecule has 0 fully saturated rings. The number of carbonyl (C=O) groups is 2. The summed E-state index contributed by atoms with van der Waals surface area (Å²) >= 11 is -2.28. The third-order valence-electron chi connectivity index (χ3n) is 5.90. The van der Waals surface area contributed by atoms with Crippen LogP contribution in [0.2, 0.25) is 0 Å². The van der Waals surface area contributed by atoms with Crippen LogP contribution in [0.15, 0.2) is 97.1 Å². The summed E-state index contributed by atoms with van der Waals surface area (Å²) in [7, 11) is 0. The SMILES string of the molecule is N[As](c1ccc(C(=O)NCc2ccccc2C(F)(F)F)cc1)c1cccc(C(=O)NCc2cccc(F)c2)c1. The number of alkyl halides is 3. The Morgan fingerprint density at radius 3 is 2.10 bits per heavy atom. The first-order valence-corrected chi connectivity index (χ1v) is 14.8. The minimum atomic E-state index is -4.51. The fraction of sp³-hybridized carbons (Fsp3) is 0.103. The van der Waals surface area contributed by atoms with Crippen LogP contribution in [0.1, 0.15) is 37.4 Å². The number of halogens is 4. The van der Waals surface area contributed by atoms with Crippen molar-refractivity contribution in [2.45, 2.75) is 19.3 Å². The molecule has 1 atom stereocenters. The number of amides is 2. The Morgan fingerprint density at radius 2 is 1.38 bits per heavy atom. The zero-order valence-electron chi connectivity index (χ0n) is 20.5. The molecule has 10 heteroatoms. The zero-order valence-corrected chi connectivity index (χ0v) is 22.4. The summed E-state index contributed by atoms with van der Waals surface area (Å²) in [5, 5.41) is 5.30. The fourth-order valence-electron chi connectivity index (χ4n) is 3.88. The Balaban J connectivity index is 1.39. The van der Waals surface area contributed by atoms with Gasteiger partial charge in [0.2, 0.25) is 0 Å². The molecule has 4 N–H and O–H groups in total. The number of hydrogen-bond acceptors (Lipinski definition) is 3. The van der Waals surface area contributed by atoms with E-state index in [2.05, 4.69) is 10.6 Å². The predicted octanol–water partition coefficient (Wildman–Crippen LogP) is 3.77. The van der Waals surface area contributed by atoms with E-state index in [1.54, 1.807) is 54.6 Å². The molecule has 0 spiro atoms. The van der Waals surface area contributed by atoms with Crippen LogP contribution < -0.4 is 24.0 Å². The van der Waals surface area contributed by atoms with Crippen LogP contribution in [0.3, 0.4) is 0 Å². The van der Waals surface area contributed by atoms with Gasteiger partial charge >= 0.3 is 228 Å². The van der Waals surface area contributed by atoms with Crippen molar-refractivity contribution in [3.63, 3.8) is 0 Å². The summed E-state index contributed by atoms with van der Waals surface area (Å²) in [5.41, 5.74) is 0.534. The van der Waals surface area contributed by atoms with Gasteiger partial charge in [-0.1, -0.05) is 0 Å². The quantitative estimate of drug-likeness (QED) is 0.214. The summed E-state index contributed by atoms with van der Waals surface area (Å²) in [5.74, 6) is -1.20. The Kier molecular flexibility index (Phi) is 8.84. The molecule has 4 aromatic rings. The van der Waals surface area contributed by atoms with Crippen molar-refractivity contribution in [3.05, 3.63) is 131 Å². The number of hydrogen-bond donors (Lipinski definition) is 3. The average molecular weight is 597 g/mol. The van der Waals surface area contributed by atoms with Crippen LogP contribution in [-0.2, 0) is 19.3 Å². The van der Waals surface area contributed by atoms with Gasteiger partial charge in [0, 0.05) is 0 Å². The van der Waals surface area contributed by atoms with Crippen molar-refractivity contribution >= 4 is 35.4 Å². The van der Waals surface area contributed by atoms with E-state index < -0.39 is 32.5 Å². The van der Waals surface area contributed by atoms with Crippen LogP contribution in [-0.4, -0.2) is 26.7 Å². The molecular formula is C29H24AsF4N3O2. The molecule has 0 aliphatic heterocycles. The molecule has 0 radical (unpaired) electrons. The summed E-state index contributed by atoms with van der Waals surface area (Å²) < 4.78 is 61.1. The van der Waals surface area contributed by atoms with Crippen molar-refractivity contribution in [2.75, 3.05) is 0 Å². The van der Waals surface area contributed by atoms with Gasteiger partial charge in [-0.05, 0) is 0 Å². The maximum absolute atomic E-state index is 13.4. The average Bonchev–Trinajstić information content (AvgIpc) is 2.94. The first kappa shape index (κ1) is 28.1. The number of benzene rings is 4. The minimum absolute atomic E-state index is 0.0235. The summed E-state index contributed by atoms with van der Waals surface area (Å²) in [4.78, 5) is 25.2. The van der Waals surface area contributed by atoms with Gasteiger partial charge in [0.1, 0.15) is 0 Å². The molecule has 0 heterocycles. The summed E-state index contributed by atoms with van der Waals surface area (Å²) in [6.45, 7) is -0.0881. The number of carbonyl (C=O) groups excluding carboxylic acids is 2. The van der Waals surface area contributed by atoms with Crippen molar-refractivity contribution in [1.29, 1.82) is 0 Å². The van der Waals surface area contributed by atoms with E-state index in [9.17, 15) is 27.2 Å². The molecule has 4 rings (SSSR count). The second-order valence-corrected chi connectivity index (χ2v) is 12.3. The molecule has 1 unspecified atom stereocenters. The maximum atomic E-state index is 13.4. The van der Waals surface area contributed by atoms with Crippen LogP contribution >= 0.6 is 0 Å². The molecule has 2 amide bonds. The third-order valence-corrected chi connectivity index (χ3v) is 9.44.